The monoisotopic (exact) mass is 173 g/mol. The molecule has 1 fully saturated rings. The van der Waals surface area contributed by atoms with Crippen LogP contribution in [0.5, 0.6) is 0 Å². The first-order chi connectivity index (χ1) is 5.41. The van der Waals surface area contributed by atoms with Crippen molar-refractivity contribution in [3.63, 3.8) is 0 Å². The molecule has 1 heterocycles. The summed E-state index contributed by atoms with van der Waals surface area (Å²) < 4.78 is 5.12. The van der Waals surface area contributed by atoms with Crippen molar-refractivity contribution in [3.05, 3.63) is 0 Å². The van der Waals surface area contributed by atoms with E-state index in [1.54, 1.807) is 0 Å². The maximum atomic E-state index is 5.40. The van der Waals surface area contributed by atoms with E-state index < -0.39 is 0 Å². The van der Waals surface area contributed by atoms with Crippen LogP contribution in [0, 0.1) is 5.41 Å². The van der Waals surface area contributed by atoms with Gasteiger partial charge < -0.3 is 4.74 Å². The van der Waals surface area contributed by atoms with Crippen molar-refractivity contribution in [3.8, 4) is 0 Å². The standard InChI is InChI=1S/C9H19NO2/c1-8(2,3)12-10-5-9(4)6-11-7-9/h10H,5-7H2,1-4H3. The molecule has 0 aromatic carbocycles. The van der Waals surface area contributed by atoms with Crippen molar-refractivity contribution < 1.29 is 9.57 Å². The number of hydroxylamine groups is 1. The van der Waals surface area contributed by atoms with Crippen molar-refractivity contribution in [2.24, 2.45) is 5.41 Å². The molecule has 3 nitrogen and oxygen atoms in total. The van der Waals surface area contributed by atoms with Gasteiger partial charge in [0.25, 0.3) is 0 Å². The van der Waals surface area contributed by atoms with Crippen molar-refractivity contribution in [2.75, 3.05) is 19.8 Å². The van der Waals surface area contributed by atoms with Crippen LogP contribution in [-0.4, -0.2) is 25.4 Å². The van der Waals surface area contributed by atoms with Gasteiger partial charge in [-0.05, 0) is 20.8 Å². The van der Waals surface area contributed by atoms with E-state index in [4.69, 9.17) is 9.57 Å². The molecule has 0 unspecified atom stereocenters. The van der Waals surface area contributed by atoms with Crippen LogP contribution in [0.15, 0.2) is 0 Å². The number of rotatable bonds is 3. The first-order valence-corrected chi connectivity index (χ1v) is 4.40. The van der Waals surface area contributed by atoms with Crippen molar-refractivity contribution in [2.45, 2.75) is 33.3 Å². The van der Waals surface area contributed by atoms with E-state index >= 15 is 0 Å². The summed E-state index contributed by atoms with van der Waals surface area (Å²) in [5.41, 5.74) is 3.16. The largest absolute Gasteiger partial charge is 0.380 e. The summed E-state index contributed by atoms with van der Waals surface area (Å²) >= 11 is 0. The first-order valence-electron chi connectivity index (χ1n) is 4.40. The summed E-state index contributed by atoms with van der Waals surface area (Å²) in [6.45, 7) is 10.8. The molecule has 1 aliphatic rings. The second kappa shape index (κ2) is 3.32. The third-order valence-electron chi connectivity index (χ3n) is 1.78. The molecule has 12 heavy (non-hydrogen) atoms. The molecule has 0 aliphatic carbocycles. The third kappa shape index (κ3) is 3.09. The lowest BCUT2D eigenvalue weighted by molar-refractivity contribution is -0.141. The molecule has 0 radical (unpaired) electrons. The Morgan fingerprint density at radius 1 is 1.42 bits per heavy atom. The molecule has 0 aromatic heterocycles. The molecular weight excluding hydrogens is 154 g/mol. The van der Waals surface area contributed by atoms with Crippen LogP contribution in [0.4, 0.5) is 0 Å². The Morgan fingerprint density at radius 3 is 2.33 bits per heavy atom. The van der Waals surface area contributed by atoms with Crippen LogP contribution in [0.3, 0.4) is 0 Å². The van der Waals surface area contributed by atoms with Gasteiger partial charge in [-0.3, -0.25) is 4.84 Å². The second-order valence-corrected chi connectivity index (χ2v) is 4.84. The number of hydrogen-bond acceptors (Lipinski definition) is 3. The highest BCUT2D eigenvalue weighted by Gasteiger charge is 2.33. The average Bonchev–Trinajstić information content (AvgIpc) is 1.81. The zero-order valence-corrected chi connectivity index (χ0v) is 8.44. The number of hydrogen-bond donors (Lipinski definition) is 1. The molecule has 0 amide bonds. The Morgan fingerprint density at radius 2 is 2.00 bits per heavy atom. The quantitative estimate of drug-likeness (QED) is 0.653. The Hall–Kier alpha value is -0.120. The van der Waals surface area contributed by atoms with E-state index in [0.29, 0.717) is 0 Å². The van der Waals surface area contributed by atoms with E-state index in [1.807, 2.05) is 20.8 Å². The Kier molecular flexibility index (Phi) is 2.76. The minimum absolute atomic E-state index is 0.110. The Bertz CT molecular complexity index is 147. The minimum atomic E-state index is -0.110. The highest BCUT2D eigenvalue weighted by molar-refractivity contribution is 4.81. The summed E-state index contributed by atoms with van der Waals surface area (Å²) in [5.74, 6) is 0. The Balaban J connectivity index is 2.10. The third-order valence-corrected chi connectivity index (χ3v) is 1.78. The summed E-state index contributed by atoms with van der Waals surface area (Å²) in [4.78, 5) is 5.40. The van der Waals surface area contributed by atoms with Crippen LogP contribution in [0.1, 0.15) is 27.7 Å². The van der Waals surface area contributed by atoms with Gasteiger partial charge in [-0.25, -0.2) is 5.48 Å². The van der Waals surface area contributed by atoms with Crippen molar-refractivity contribution in [1.29, 1.82) is 0 Å². The lowest BCUT2D eigenvalue weighted by atomic mass is 9.89. The normalized spacial score (nSPS) is 22.0. The molecule has 72 valence electrons. The molecular formula is C9H19NO2. The van der Waals surface area contributed by atoms with E-state index in [2.05, 4.69) is 12.4 Å². The van der Waals surface area contributed by atoms with Crippen LogP contribution >= 0.6 is 0 Å². The molecule has 1 aliphatic heterocycles. The van der Waals surface area contributed by atoms with Gasteiger partial charge in [0, 0.05) is 12.0 Å². The molecule has 0 aromatic rings. The van der Waals surface area contributed by atoms with Gasteiger partial charge in [0.05, 0.1) is 18.8 Å². The van der Waals surface area contributed by atoms with E-state index in [-0.39, 0.29) is 11.0 Å². The minimum Gasteiger partial charge on any atom is -0.380 e. The second-order valence-electron chi connectivity index (χ2n) is 4.84. The van der Waals surface area contributed by atoms with Gasteiger partial charge >= 0.3 is 0 Å². The summed E-state index contributed by atoms with van der Waals surface area (Å²) in [7, 11) is 0. The average molecular weight is 173 g/mol. The predicted molar refractivity (Wildman–Crippen MR) is 47.8 cm³/mol. The first kappa shape index (κ1) is 9.96. The molecule has 3 heteroatoms. The summed E-state index contributed by atoms with van der Waals surface area (Å²) in [6.07, 6.45) is 0. The van der Waals surface area contributed by atoms with Crippen LogP contribution in [-0.2, 0) is 9.57 Å². The Labute approximate surface area is 74.4 Å². The highest BCUT2D eigenvalue weighted by atomic mass is 16.7. The molecule has 0 bridgehead atoms. The van der Waals surface area contributed by atoms with Crippen LogP contribution < -0.4 is 5.48 Å². The van der Waals surface area contributed by atoms with E-state index in [1.165, 1.54) is 0 Å². The molecule has 1 N–H and O–H groups in total. The van der Waals surface area contributed by atoms with E-state index in [9.17, 15) is 0 Å². The predicted octanol–water partition coefficient (Wildman–Crippen LogP) is 1.34. The summed E-state index contributed by atoms with van der Waals surface area (Å²) in [5, 5.41) is 0. The number of nitrogens with one attached hydrogen (secondary N) is 1. The fraction of sp³-hybridized carbons (Fsp3) is 1.00. The zero-order chi connectivity index (χ0) is 9.24. The van der Waals surface area contributed by atoms with Crippen LogP contribution in [0.25, 0.3) is 0 Å². The molecule has 0 atom stereocenters. The molecule has 1 saturated heterocycles. The molecule has 0 saturated carbocycles. The fourth-order valence-corrected chi connectivity index (χ4v) is 0.979. The zero-order valence-electron chi connectivity index (χ0n) is 8.44. The SMILES string of the molecule is CC1(CNOC(C)(C)C)COC1. The highest BCUT2D eigenvalue weighted by Crippen LogP contribution is 2.25. The van der Waals surface area contributed by atoms with Gasteiger partial charge in [-0.15, -0.1) is 0 Å². The topological polar surface area (TPSA) is 30.5 Å². The smallest absolute Gasteiger partial charge is 0.0812 e. The van der Waals surface area contributed by atoms with Crippen LogP contribution in [0.2, 0.25) is 0 Å². The van der Waals surface area contributed by atoms with Gasteiger partial charge in [0.1, 0.15) is 0 Å². The lowest BCUT2D eigenvalue weighted by Gasteiger charge is -2.38. The fourth-order valence-electron chi connectivity index (χ4n) is 0.979. The summed E-state index contributed by atoms with van der Waals surface area (Å²) in [6, 6.07) is 0. The van der Waals surface area contributed by atoms with Gasteiger partial charge in [0.15, 0.2) is 0 Å². The molecule has 1 rings (SSSR count). The number of ether oxygens (including phenoxy) is 1. The lowest BCUT2D eigenvalue weighted by Crippen LogP contribution is -2.48. The van der Waals surface area contributed by atoms with Gasteiger partial charge in [-0.2, -0.15) is 0 Å². The molecule has 0 spiro atoms. The van der Waals surface area contributed by atoms with E-state index in [0.717, 1.165) is 19.8 Å². The van der Waals surface area contributed by atoms with Crippen molar-refractivity contribution >= 4 is 0 Å². The van der Waals surface area contributed by atoms with Gasteiger partial charge in [-0.1, -0.05) is 6.92 Å². The van der Waals surface area contributed by atoms with Gasteiger partial charge in [0.2, 0.25) is 0 Å². The maximum Gasteiger partial charge on any atom is 0.0812 e. The van der Waals surface area contributed by atoms with Crippen molar-refractivity contribution in [1.82, 2.24) is 5.48 Å². The maximum absolute atomic E-state index is 5.40.